The average molecular weight is 337 g/mol. The lowest BCUT2D eigenvalue weighted by Crippen LogP contribution is -2.30. The summed E-state index contributed by atoms with van der Waals surface area (Å²) in [6.45, 7) is 5.62. The van der Waals surface area contributed by atoms with E-state index >= 15 is 0 Å². The van der Waals surface area contributed by atoms with Gasteiger partial charge in [0.1, 0.15) is 5.56 Å². The van der Waals surface area contributed by atoms with Crippen molar-refractivity contribution in [3.8, 4) is 5.75 Å². The molecule has 2 heterocycles. The lowest BCUT2D eigenvalue weighted by Gasteiger charge is -2.28. The Morgan fingerprint density at radius 3 is 2.79 bits per heavy atom. The Morgan fingerprint density at radius 2 is 2.12 bits per heavy atom. The number of halogens is 2. The minimum atomic E-state index is -1.19. The normalized spacial score (nSPS) is 15.7. The summed E-state index contributed by atoms with van der Waals surface area (Å²) in [6, 6.07) is 0.806. The zero-order valence-corrected chi connectivity index (χ0v) is 13.6. The van der Waals surface area contributed by atoms with Gasteiger partial charge in [0.15, 0.2) is 11.6 Å². The maximum Gasteiger partial charge on any atom is 0.343 e. The number of ether oxygens (including phenoxy) is 2. The highest BCUT2D eigenvalue weighted by Gasteiger charge is 2.32. The highest BCUT2D eigenvalue weighted by molar-refractivity contribution is 5.95. The molecule has 0 aliphatic carbocycles. The van der Waals surface area contributed by atoms with Crippen molar-refractivity contribution in [2.75, 3.05) is 13.2 Å². The summed E-state index contributed by atoms with van der Waals surface area (Å²) in [6.07, 6.45) is 1.83. The van der Waals surface area contributed by atoms with Gasteiger partial charge in [0, 0.05) is 18.2 Å². The molecule has 0 spiro atoms. The van der Waals surface area contributed by atoms with Gasteiger partial charge in [0.25, 0.3) is 0 Å². The Kier molecular flexibility index (Phi) is 3.81. The minimum Gasteiger partial charge on any atom is -0.488 e. The second-order valence-electron chi connectivity index (χ2n) is 6.27. The predicted octanol–water partition coefficient (Wildman–Crippen LogP) is 2.97. The van der Waals surface area contributed by atoms with E-state index in [1.54, 1.807) is 11.5 Å². The highest BCUT2D eigenvalue weighted by atomic mass is 19.2. The summed E-state index contributed by atoms with van der Waals surface area (Å²) in [4.78, 5) is 24.7. The number of aromatic nitrogens is 1. The first kappa shape index (κ1) is 16.4. The molecule has 0 bridgehead atoms. The Morgan fingerprint density at radius 1 is 1.42 bits per heavy atom. The zero-order valence-electron chi connectivity index (χ0n) is 13.6. The molecule has 0 fully saturated rings. The number of carbonyl (C=O) groups is 1. The molecule has 0 N–H and O–H groups in total. The van der Waals surface area contributed by atoms with Crippen LogP contribution in [0.5, 0.6) is 5.75 Å². The summed E-state index contributed by atoms with van der Waals surface area (Å²) >= 11 is 0. The van der Waals surface area contributed by atoms with Crippen molar-refractivity contribution in [3.63, 3.8) is 0 Å². The third-order valence-corrected chi connectivity index (χ3v) is 4.25. The first-order chi connectivity index (χ1) is 11.3. The summed E-state index contributed by atoms with van der Waals surface area (Å²) in [7, 11) is 0. The van der Waals surface area contributed by atoms with E-state index in [9.17, 15) is 18.4 Å². The van der Waals surface area contributed by atoms with Crippen LogP contribution in [0.15, 0.2) is 17.1 Å². The van der Waals surface area contributed by atoms with Gasteiger partial charge in [-0.15, -0.1) is 0 Å². The molecule has 2 aromatic rings. The number of nitrogens with zero attached hydrogens (tertiary/aromatic N) is 1. The average Bonchev–Trinajstić information content (AvgIpc) is 2.64. The van der Waals surface area contributed by atoms with Crippen LogP contribution in [0, 0.1) is 11.6 Å². The highest BCUT2D eigenvalue weighted by Crippen LogP contribution is 2.37. The number of hydrogen-bond acceptors (Lipinski definition) is 4. The van der Waals surface area contributed by atoms with Gasteiger partial charge in [-0.1, -0.05) is 0 Å². The fourth-order valence-electron chi connectivity index (χ4n) is 2.89. The number of pyridine rings is 1. The Balaban J connectivity index is 2.48. The first-order valence-electron chi connectivity index (χ1n) is 7.65. The van der Waals surface area contributed by atoms with Crippen LogP contribution < -0.4 is 10.2 Å². The smallest absolute Gasteiger partial charge is 0.343 e. The standard InChI is InChI=1S/C17H17F2NO4/c1-4-23-16(22)10-8-20-13-9(14(10)21)7-11(18)12(19)15(13)24-6-5-17(20,2)3/h7-8H,4-6H2,1-3H3. The fraction of sp³-hybridized carbons (Fsp3) is 0.412. The molecule has 5 nitrogen and oxygen atoms in total. The van der Waals surface area contributed by atoms with Crippen molar-refractivity contribution in [1.82, 2.24) is 4.57 Å². The van der Waals surface area contributed by atoms with Crippen molar-refractivity contribution in [1.29, 1.82) is 0 Å². The molecule has 0 atom stereocenters. The van der Waals surface area contributed by atoms with Crippen LogP contribution in [0.25, 0.3) is 10.9 Å². The van der Waals surface area contributed by atoms with Crippen LogP contribution in [0.2, 0.25) is 0 Å². The lowest BCUT2D eigenvalue weighted by atomic mass is 9.99. The van der Waals surface area contributed by atoms with E-state index in [0.717, 1.165) is 6.07 Å². The van der Waals surface area contributed by atoms with Gasteiger partial charge in [-0.2, -0.15) is 4.39 Å². The van der Waals surface area contributed by atoms with E-state index in [1.165, 1.54) is 6.20 Å². The van der Waals surface area contributed by atoms with Crippen molar-refractivity contribution in [3.05, 3.63) is 39.7 Å². The molecule has 128 valence electrons. The molecule has 1 aromatic carbocycles. The third kappa shape index (κ3) is 2.35. The Labute approximate surface area is 136 Å². The van der Waals surface area contributed by atoms with Crippen LogP contribution >= 0.6 is 0 Å². The van der Waals surface area contributed by atoms with E-state index in [0.29, 0.717) is 6.42 Å². The second kappa shape index (κ2) is 5.58. The molecule has 3 rings (SSSR count). The molecule has 0 radical (unpaired) electrons. The van der Waals surface area contributed by atoms with Crippen molar-refractivity contribution >= 4 is 16.9 Å². The molecular weight excluding hydrogens is 320 g/mol. The molecular formula is C17H17F2NO4. The van der Waals surface area contributed by atoms with Crippen LogP contribution in [-0.4, -0.2) is 23.8 Å². The van der Waals surface area contributed by atoms with E-state index in [1.807, 2.05) is 13.8 Å². The van der Waals surface area contributed by atoms with Crippen LogP contribution in [-0.2, 0) is 10.3 Å². The van der Waals surface area contributed by atoms with Gasteiger partial charge >= 0.3 is 5.97 Å². The van der Waals surface area contributed by atoms with Crippen molar-refractivity contribution in [2.45, 2.75) is 32.7 Å². The van der Waals surface area contributed by atoms with E-state index in [4.69, 9.17) is 9.47 Å². The maximum absolute atomic E-state index is 14.2. The fourth-order valence-corrected chi connectivity index (χ4v) is 2.89. The van der Waals surface area contributed by atoms with Crippen LogP contribution in [0.4, 0.5) is 8.78 Å². The summed E-state index contributed by atoms with van der Waals surface area (Å²) < 4.78 is 40.0. The molecule has 1 aliphatic rings. The predicted molar refractivity (Wildman–Crippen MR) is 83.5 cm³/mol. The van der Waals surface area contributed by atoms with Crippen LogP contribution in [0.1, 0.15) is 37.6 Å². The molecule has 1 aromatic heterocycles. The topological polar surface area (TPSA) is 57.5 Å². The lowest BCUT2D eigenvalue weighted by molar-refractivity contribution is 0.0523. The van der Waals surface area contributed by atoms with E-state index in [-0.39, 0.29) is 35.4 Å². The number of benzene rings is 1. The molecule has 0 unspecified atom stereocenters. The molecule has 0 amide bonds. The largest absolute Gasteiger partial charge is 0.488 e. The summed E-state index contributed by atoms with van der Waals surface area (Å²) in [5, 5.41) is -0.107. The van der Waals surface area contributed by atoms with E-state index < -0.39 is 28.6 Å². The number of rotatable bonds is 2. The molecule has 0 saturated carbocycles. The number of carbonyl (C=O) groups excluding carboxylic acids is 1. The molecule has 24 heavy (non-hydrogen) atoms. The Hall–Kier alpha value is -2.44. The monoisotopic (exact) mass is 337 g/mol. The third-order valence-electron chi connectivity index (χ3n) is 4.25. The summed E-state index contributed by atoms with van der Waals surface area (Å²) in [5.41, 5.74) is -1.34. The maximum atomic E-state index is 14.2. The van der Waals surface area contributed by atoms with Gasteiger partial charge in [0.2, 0.25) is 11.2 Å². The molecule has 0 saturated heterocycles. The van der Waals surface area contributed by atoms with Crippen molar-refractivity contribution in [2.24, 2.45) is 0 Å². The van der Waals surface area contributed by atoms with Gasteiger partial charge in [-0.3, -0.25) is 4.79 Å². The number of hydrogen-bond donors (Lipinski definition) is 0. The van der Waals surface area contributed by atoms with Gasteiger partial charge in [-0.05, 0) is 26.8 Å². The Bertz CT molecular complexity index is 902. The number of esters is 1. The minimum absolute atomic E-state index is 0.103. The van der Waals surface area contributed by atoms with Gasteiger partial charge in [-0.25, -0.2) is 9.18 Å². The SMILES string of the molecule is CCOC(=O)c1cn2c3c(c(F)c(F)cc3c1=O)OCCC2(C)C. The molecule has 7 heteroatoms. The molecule has 1 aliphatic heterocycles. The second-order valence-corrected chi connectivity index (χ2v) is 6.27. The quantitative estimate of drug-likeness (QED) is 0.791. The van der Waals surface area contributed by atoms with Gasteiger partial charge in [0.05, 0.1) is 24.1 Å². The van der Waals surface area contributed by atoms with Gasteiger partial charge < -0.3 is 14.0 Å². The zero-order chi connectivity index (χ0) is 17.6. The van der Waals surface area contributed by atoms with Crippen molar-refractivity contribution < 1.29 is 23.0 Å². The first-order valence-corrected chi connectivity index (χ1v) is 7.65. The van der Waals surface area contributed by atoms with Crippen LogP contribution in [0.3, 0.4) is 0 Å². The summed E-state index contributed by atoms with van der Waals surface area (Å²) in [5.74, 6) is -3.43. The van der Waals surface area contributed by atoms with E-state index in [2.05, 4.69) is 0 Å².